The van der Waals surface area contributed by atoms with Gasteiger partial charge in [-0.05, 0) is 44.0 Å². The fourth-order valence-electron chi connectivity index (χ4n) is 3.47. The maximum Gasteiger partial charge on any atom is 0.244 e. The average Bonchev–Trinajstić information content (AvgIpc) is 2.80. The molecule has 0 aromatic heterocycles. The molecule has 0 aliphatic heterocycles. The summed E-state index contributed by atoms with van der Waals surface area (Å²) in [6, 6.07) is 11.3. The highest BCUT2D eigenvalue weighted by molar-refractivity contribution is 7.92. The fraction of sp³-hybridized carbons (Fsp3) is 0.417. The Balaban J connectivity index is 2.45. The van der Waals surface area contributed by atoms with Crippen LogP contribution in [0.4, 0.5) is 5.69 Å². The molecule has 0 unspecified atom stereocenters. The molecule has 9 nitrogen and oxygen atoms in total. The molecule has 186 valence electrons. The zero-order valence-corrected chi connectivity index (χ0v) is 21.3. The van der Waals surface area contributed by atoms with Crippen molar-refractivity contribution < 1.29 is 27.5 Å². The van der Waals surface area contributed by atoms with Gasteiger partial charge in [0.2, 0.25) is 21.8 Å². The van der Waals surface area contributed by atoms with Gasteiger partial charge in [0.15, 0.2) is 11.5 Å². The fourth-order valence-corrected chi connectivity index (χ4v) is 4.31. The summed E-state index contributed by atoms with van der Waals surface area (Å²) < 4.78 is 36.8. The second kappa shape index (κ2) is 11.7. The summed E-state index contributed by atoms with van der Waals surface area (Å²) in [6.07, 6.45) is 1.02. The quantitative estimate of drug-likeness (QED) is 0.517. The van der Waals surface area contributed by atoms with Crippen LogP contribution in [-0.2, 0) is 26.2 Å². The van der Waals surface area contributed by atoms with Gasteiger partial charge in [-0.2, -0.15) is 0 Å². The summed E-state index contributed by atoms with van der Waals surface area (Å²) in [5, 5.41) is 2.73. The molecule has 0 fully saturated rings. The van der Waals surface area contributed by atoms with Crippen molar-refractivity contribution in [1.29, 1.82) is 0 Å². The van der Waals surface area contributed by atoms with Crippen molar-refractivity contribution in [1.82, 2.24) is 10.2 Å². The van der Waals surface area contributed by atoms with Crippen molar-refractivity contribution >= 4 is 27.5 Å². The zero-order chi connectivity index (χ0) is 25.5. The summed E-state index contributed by atoms with van der Waals surface area (Å²) >= 11 is 0. The number of nitrogens with zero attached hydrogens (tertiary/aromatic N) is 2. The second-order valence-corrected chi connectivity index (χ2v) is 9.73. The number of carbonyl (C=O) groups excluding carboxylic acids is 2. The maximum atomic E-state index is 13.5. The van der Waals surface area contributed by atoms with E-state index >= 15 is 0 Å². The van der Waals surface area contributed by atoms with E-state index in [1.54, 1.807) is 19.9 Å². The summed E-state index contributed by atoms with van der Waals surface area (Å²) in [7, 11) is -0.926. The summed E-state index contributed by atoms with van der Waals surface area (Å²) in [5.41, 5.74) is 2.07. The highest BCUT2D eigenvalue weighted by atomic mass is 32.2. The topological polar surface area (TPSA) is 105 Å². The van der Waals surface area contributed by atoms with Gasteiger partial charge < -0.3 is 19.7 Å². The lowest BCUT2D eigenvalue weighted by Gasteiger charge is -2.32. The van der Waals surface area contributed by atoms with E-state index in [1.807, 2.05) is 31.2 Å². The van der Waals surface area contributed by atoms with Crippen LogP contribution in [0.5, 0.6) is 11.5 Å². The van der Waals surface area contributed by atoms with Crippen LogP contribution in [0, 0.1) is 6.92 Å². The van der Waals surface area contributed by atoms with Crippen molar-refractivity contribution in [3.63, 3.8) is 0 Å². The molecule has 2 aromatic rings. The van der Waals surface area contributed by atoms with Crippen LogP contribution in [0.2, 0.25) is 0 Å². The number of nitrogens with one attached hydrogen (secondary N) is 1. The Morgan fingerprint density at radius 2 is 1.71 bits per heavy atom. The van der Waals surface area contributed by atoms with Crippen LogP contribution in [-0.4, -0.2) is 64.7 Å². The molecule has 1 atom stereocenters. The number of methoxy groups -OCH3 is 2. The minimum Gasteiger partial charge on any atom is -0.493 e. The Morgan fingerprint density at radius 1 is 1.06 bits per heavy atom. The molecule has 10 heteroatoms. The highest BCUT2D eigenvalue weighted by Crippen LogP contribution is 2.32. The van der Waals surface area contributed by atoms with E-state index < -0.39 is 28.5 Å². The molecule has 2 aromatic carbocycles. The third-order valence-corrected chi connectivity index (χ3v) is 6.60. The maximum absolute atomic E-state index is 13.5. The van der Waals surface area contributed by atoms with Gasteiger partial charge in [0.1, 0.15) is 12.6 Å². The van der Waals surface area contributed by atoms with Gasteiger partial charge in [0, 0.05) is 19.2 Å². The van der Waals surface area contributed by atoms with Crippen molar-refractivity contribution in [2.75, 3.05) is 37.9 Å². The van der Waals surface area contributed by atoms with Gasteiger partial charge in [-0.15, -0.1) is 0 Å². The number of rotatable bonds is 11. The Labute approximate surface area is 201 Å². The number of ether oxygens (including phenoxy) is 2. The Morgan fingerprint density at radius 3 is 2.26 bits per heavy atom. The Kier molecular flexibility index (Phi) is 9.31. The number of aryl methyl sites for hydroxylation is 1. The summed E-state index contributed by atoms with van der Waals surface area (Å²) in [5.74, 6) is -0.0747. The number of anilines is 1. The number of likely N-dealkylation sites (N-methyl/N-ethyl adjacent to an activating group) is 1. The predicted molar refractivity (Wildman–Crippen MR) is 132 cm³/mol. The molecule has 0 heterocycles. The van der Waals surface area contributed by atoms with E-state index in [2.05, 4.69) is 5.32 Å². The molecular weight excluding hydrogens is 458 g/mol. The van der Waals surface area contributed by atoms with Gasteiger partial charge in [-0.1, -0.05) is 24.3 Å². The van der Waals surface area contributed by atoms with Crippen LogP contribution in [0.3, 0.4) is 0 Å². The lowest BCUT2D eigenvalue weighted by Crippen LogP contribution is -2.51. The van der Waals surface area contributed by atoms with E-state index in [9.17, 15) is 18.0 Å². The normalized spacial score (nSPS) is 11.9. The van der Waals surface area contributed by atoms with Crippen LogP contribution in [0.25, 0.3) is 0 Å². The minimum atomic E-state index is -3.84. The van der Waals surface area contributed by atoms with E-state index in [-0.39, 0.29) is 18.1 Å². The van der Waals surface area contributed by atoms with Gasteiger partial charge >= 0.3 is 0 Å². The smallest absolute Gasteiger partial charge is 0.244 e. The van der Waals surface area contributed by atoms with E-state index in [1.165, 1.54) is 31.3 Å². The van der Waals surface area contributed by atoms with Gasteiger partial charge in [-0.25, -0.2) is 8.42 Å². The van der Waals surface area contributed by atoms with E-state index in [4.69, 9.17) is 9.47 Å². The highest BCUT2D eigenvalue weighted by Gasteiger charge is 2.30. The van der Waals surface area contributed by atoms with Crippen LogP contribution in [0.15, 0.2) is 42.5 Å². The third-order valence-electron chi connectivity index (χ3n) is 5.45. The monoisotopic (exact) mass is 491 g/mol. The standard InChI is InChI=1S/C24H33N3O6S/c1-7-25-24(29)18(3)26(15-19-11-9-8-10-17(19)2)23(28)16-27(34(6,30)31)20-12-13-21(32-4)22(14-20)33-5/h8-14,18H,7,15-16H2,1-6H3,(H,25,29)/t18-/m0/s1. The SMILES string of the molecule is CCNC(=O)[C@H](C)N(Cc1ccccc1C)C(=O)CN(c1ccc(OC)c(OC)c1)S(C)(=O)=O. The number of hydrogen-bond acceptors (Lipinski definition) is 6. The molecule has 0 aliphatic rings. The molecule has 2 amide bonds. The third kappa shape index (κ3) is 6.63. The Bertz CT molecular complexity index is 1120. The van der Waals surface area contributed by atoms with Gasteiger partial charge in [-0.3, -0.25) is 13.9 Å². The Hall–Kier alpha value is -3.27. The minimum absolute atomic E-state index is 0.160. The summed E-state index contributed by atoms with van der Waals surface area (Å²) in [6.45, 7) is 5.43. The number of benzene rings is 2. The van der Waals surface area contributed by atoms with Crippen LogP contribution in [0.1, 0.15) is 25.0 Å². The molecule has 0 saturated heterocycles. The molecular formula is C24H33N3O6S. The van der Waals surface area contributed by atoms with Gasteiger partial charge in [0.25, 0.3) is 0 Å². The predicted octanol–water partition coefficient (Wildman–Crippen LogP) is 2.33. The van der Waals surface area contributed by atoms with Crippen molar-refractivity contribution in [2.24, 2.45) is 0 Å². The van der Waals surface area contributed by atoms with Crippen LogP contribution < -0.4 is 19.1 Å². The molecule has 0 bridgehead atoms. The van der Waals surface area contributed by atoms with E-state index in [0.29, 0.717) is 18.0 Å². The molecule has 0 radical (unpaired) electrons. The molecule has 0 aliphatic carbocycles. The lowest BCUT2D eigenvalue weighted by molar-refractivity contribution is -0.139. The first-order valence-electron chi connectivity index (χ1n) is 10.8. The molecule has 0 spiro atoms. The molecule has 0 saturated carbocycles. The largest absolute Gasteiger partial charge is 0.493 e. The summed E-state index contributed by atoms with van der Waals surface area (Å²) in [4.78, 5) is 27.5. The lowest BCUT2D eigenvalue weighted by atomic mass is 10.1. The van der Waals surface area contributed by atoms with Crippen molar-refractivity contribution in [3.05, 3.63) is 53.6 Å². The first kappa shape index (κ1) is 27.0. The molecule has 34 heavy (non-hydrogen) atoms. The van der Waals surface area contributed by atoms with Crippen molar-refractivity contribution in [3.8, 4) is 11.5 Å². The number of sulfonamides is 1. The number of amides is 2. The van der Waals surface area contributed by atoms with Crippen LogP contribution >= 0.6 is 0 Å². The average molecular weight is 492 g/mol. The molecule has 2 rings (SSSR count). The first-order valence-corrected chi connectivity index (χ1v) is 12.7. The first-order chi connectivity index (χ1) is 16.0. The van der Waals surface area contributed by atoms with E-state index in [0.717, 1.165) is 21.7 Å². The van der Waals surface area contributed by atoms with Crippen molar-refractivity contribution in [2.45, 2.75) is 33.4 Å². The van der Waals surface area contributed by atoms with Gasteiger partial charge in [0.05, 0.1) is 26.2 Å². The second-order valence-electron chi connectivity index (χ2n) is 7.83. The number of carbonyl (C=O) groups is 2. The zero-order valence-electron chi connectivity index (χ0n) is 20.5. The number of hydrogen-bond donors (Lipinski definition) is 1. The molecule has 1 N–H and O–H groups in total.